The molecular weight excluding hydrogens is 336 g/mol. The van der Waals surface area contributed by atoms with Crippen LogP contribution < -0.4 is 10.2 Å². The third kappa shape index (κ3) is 4.95. The fourth-order valence-electron chi connectivity index (χ4n) is 3.27. The maximum atomic E-state index is 12.1. The van der Waals surface area contributed by atoms with Crippen LogP contribution in [0, 0.1) is 0 Å². The van der Waals surface area contributed by atoms with E-state index >= 15 is 0 Å². The van der Waals surface area contributed by atoms with Crippen LogP contribution in [0.4, 0.5) is 5.82 Å². The van der Waals surface area contributed by atoms with Crippen LogP contribution in [0.3, 0.4) is 0 Å². The van der Waals surface area contributed by atoms with Gasteiger partial charge in [-0.3, -0.25) is 9.69 Å². The van der Waals surface area contributed by atoms with Gasteiger partial charge in [-0.1, -0.05) is 42.5 Å². The third-order valence-electron chi connectivity index (χ3n) is 5.09. The van der Waals surface area contributed by atoms with Crippen molar-refractivity contribution in [2.75, 3.05) is 37.6 Å². The van der Waals surface area contributed by atoms with Crippen molar-refractivity contribution >= 4 is 17.8 Å². The molecule has 1 saturated heterocycles. The molecule has 2 fully saturated rings. The molecule has 2 heterocycles. The predicted molar refractivity (Wildman–Crippen MR) is 109 cm³/mol. The number of anilines is 1. The van der Waals surface area contributed by atoms with Gasteiger partial charge in [-0.05, 0) is 30.5 Å². The molecule has 0 spiro atoms. The highest BCUT2D eigenvalue weighted by Crippen LogP contribution is 2.20. The highest BCUT2D eigenvalue weighted by molar-refractivity contribution is 5.94. The molecule has 1 N–H and O–H groups in total. The van der Waals surface area contributed by atoms with Crippen LogP contribution in [-0.2, 0) is 0 Å². The third-order valence-corrected chi connectivity index (χ3v) is 5.09. The number of amides is 1. The number of benzene rings is 1. The van der Waals surface area contributed by atoms with Gasteiger partial charge in [-0.15, -0.1) is 0 Å². The Kier molecular flexibility index (Phi) is 5.49. The topological polar surface area (TPSA) is 48.5 Å². The van der Waals surface area contributed by atoms with Gasteiger partial charge in [0.15, 0.2) is 0 Å². The molecule has 27 heavy (non-hydrogen) atoms. The number of hydrogen-bond donors (Lipinski definition) is 1. The minimum Gasteiger partial charge on any atom is -0.354 e. The zero-order valence-electron chi connectivity index (χ0n) is 15.6. The Balaban J connectivity index is 1.25. The first kappa shape index (κ1) is 17.7. The summed E-state index contributed by atoms with van der Waals surface area (Å²) < 4.78 is 0. The molecule has 1 aromatic heterocycles. The van der Waals surface area contributed by atoms with Gasteiger partial charge in [0, 0.05) is 45.0 Å². The first-order chi connectivity index (χ1) is 13.3. The normalized spacial score (nSPS) is 18.0. The predicted octanol–water partition coefficient (Wildman–Crippen LogP) is 2.81. The van der Waals surface area contributed by atoms with Crippen LogP contribution in [0.1, 0.15) is 28.8 Å². The van der Waals surface area contributed by atoms with Crippen molar-refractivity contribution in [3.05, 3.63) is 65.9 Å². The Morgan fingerprint density at radius 3 is 2.52 bits per heavy atom. The number of carbonyl (C=O) groups excluding carboxylic acids is 1. The van der Waals surface area contributed by atoms with E-state index in [1.54, 1.807) is 6.20 Å². The lowest BCUT2D eigenvalue weighted by atomic mass is 10.2. The molecule has 0 bridgehead atoms. The van der Waals surface area contributed by atoms with Gasteiger partial charge in [-0.2, -0.15) is 0 Å². The molecule has 4 rings (SSSR count). The van der Waals surface area contributed by atoms with Gasteiger partial charge in [0.2, 0.25) is 0 Å². The molecule has 0 radical (unpaired) electrons. The van der Waals surface area contributed by atoms with E-state index in [1.807, 2.05) is 18.2 Å². The summed E-state index contributed by atoms with van der Waals surface area (Å²) in [6.45, 7) is 4.92. The number of piperazine rings is 1. The molecule has 2 aliphatic rings. The van der Waals surface area contributed by atoms with E-state index in [2.05, 4.69) is 56.5 Å². The van der Waals surface area contributed by atoms with E-state index in [-0.39, 0.29) is 5.91 Å². The van der Waals surface area contributed by atoms with Gasteiger partial charge in [0.05, 0.1) is 5.56 Å². The van der Waals surface area contributed by atoms with Crippen LogP contribution in [0.25, 0.3) is 6.08 Å². The Labute approximate surface area is 160 Å². The van der Waals surface area contributed by atoms with Crippen molar-refractivity contribution in [2.45, 2.75) is 18.9 Å². The fraction of sp³-hybridized carbons (Fsp3) is 0.364. The Morgan fingerprint density at radius 2 is 1.85 bits per heavy atom. The highest BCUT2D eigenvalue weighted by Gasteiger charge is 2.24. The second kappa shape index (κ2) is 8.35. The summed E-state index contributed by atoms with van der Waals surface area (Å²) in [7, 11) is 0. The lowest BCUT2D eigenvalue weighted by molar-refractivity contribution is 0.0950. The fourth-order valence-corrected chi connectivity index (χ4v) is 3.27. The summed E-state index contributed by atoms with van der Waals surface area (Å²) >= 11 is 0. The molecule has 1 aromatic carbocycles. The molecule has 1 amide bonds. The second-order valence-electron chi connectivity index (χ2n) is 7.25. The zero-order valence-corrected chi connectivity index (χ0v) is 15.6. The molecule has 1 saturated carbocycles. The van der Waals surface area contributed by atoms with Gasteiger partial charge < -0.3 is 10.2 Å². The summed E-state index contributed by atoms with van der Waals surface area (Å²) in [4.78, 5) is 21.3. The summed E-state index contributed by atoms with van der Waals surface area (Å²) in [5.74, 6) is 0.948. The highest BCUT2D eigenvalue weighted by atomic mass is 16.1. The van der Waals surface area contributed by atoms with Gasteiger partial charge in [0.1, 0.15) is 5.82 Å². The molecule has 5 heteroatoms. The number of hydrogen-bond acceptors (Lipinski definition) is 4. The molecule has 140 valence electrons. The van der Waals surface area contributed by atoms with E-state index in [0.29, 0.717) is 11.6 Å². The molecular formula is C22H26N4O. The number of pyridine rings is 1. The largest absolute Gasteiger partial charge is 0.354 e. The number of nitrogens with zero attached hydrogens (tertiary/aromatic N) is 3. The van der Waals surface area contributed by atoms with Crippen LogP contribution in [0.2, 0.25) is 0 Å². The minimum absolute atomic E-state index is 0.00780. The molecule has 0 atom stereocenters. The summed E-state index contributed by atoms with van der Waals surface area (Å²) in [6.07, 6.45) is 8.31. The quantitative estimate of drug-likeness (QED) is 0.858. The molecule has 2 aromatic rings. The van der Waals surface area contributed by atoms with Crippen molar-refractivity contribution in [1.82, 2.24) is 15.2 Å². The SMILES string of the molecule is O=C(NC1CC1)c1ccc(N2CCN(C/C=C/c3ccccc3)CC2)nc1. The van der Waals surface area contributed by atoms with Crippen LogP contribution in [-0.4, -0.2) is 54.6 Å². The maximum Gasteiger partial charge on any atom is 0.253 e. The monoisotopic (exact) mass is 362 g/mol. The second-order valence-corrected chi connectivity index (χ2v) is 7.25. The van der Waals surface area contributed by atoms with Crippen molar-refractivity contribution in [1.29, 1.82) is 0 Å². The lowest BCUT2D eigenvalue weighted by Crippen LogP contribution is -2.46. The Bertz CT molecular complexity index is 776. The number of aromatic nitrogens is 1. The average molecular weight is 362 g/mol. The van der Waals surface area contributed by atoms with Crippen LogP contribution in [0.15, 0.2) is 54.7 Å². The minimum atomic E-state index is -0.00780. The smallest absolute Gasteiger partial charge is 0.253 e. The van der Waals surface area contributed by atoms with Gasteiger partial charge in [0.25, 0.3) is 5.91 Å². The number of nitrogens with one attached hydrogen (secondary N) is 1. The van der Waals surface area contributed by atoms with E-state index in [9.17, 15) is 4.79 Å². The Morgan fingerprint density at radius 1 is 1.07 bits per heavy atom. The standard InChI is InChI=1S/C22H26N4O/c27-22(24-20-9-10-20)19-8-11-21(23-17-19)26-15-13-25(14-16-26)12-4-7-18-5-2-1-3-6-18/h1-8,11,17,20H,9-10,12-16H2,(H,24,27)/b7-4+. The van der Waals surface area contributed by atoms with E-state index in [4.69, 9.17) is 0 Å². The van der Waals surface area contributed by atoms with E-state index < -0.39 is 0 Å². The molecule has 1 aliphatic heterocycles. The summed E-state index contributed by atoms with van der Waals surface area (Å²) in [6, 6.07) is 14.6. The summed E-state index contributed by atoms with van der Waals surface area (Å²) in [5.41, 5.74) is 1.89. The van der Waals surface area contributed by atoms with E-state index in [1.165, 1.54) is 5.56 Å². The van der Waals surface area contributed by atoms with Crippen molar-refractivity contribution in [3.8, 4) is 0 Å². The van der Waals surface area contributed by atoms with Crippen LogP contribution >= 0.6 is 0 Å². The van der Waals surface area contributed by atoms with Gasteiger partial charge in [-0.25, -0.2) is 4.98 Å². The number of carbonyl (C=O) groups is 1. The van der Waals surface area contributed by atoms with E-state index in [0.717, 1.165) is 51.4 Å². The Hall–Kier alpha value is -2.66. The maximum absolute atomic E-state index is 12.1. The van der Waals surface area contributed by atoms with Crippen molar-refractivity contribution in [3.63, 3.8) is 0 Å². The first-order valence-corrected chi connectivity index (χ1v) is 9.74. The van der Waals surface area contributed by atoms with Crippen molar-refractivity contribution in [2.24, 2.45) is 0 Å². The average Bonchev–Trinajstić information content (AvgIpc) is 3.53. The lowest BCUT2D eigenvalue weighted by Gasteiger charge is -2.34. The van der Waals surface area contributed by atoms with Gasteiger partial charge >= 0.3 is 0 Å². The zero-order chi connectivity index (χ0) is 18.5. The molecule has 0 unspecified atom stereocenters. The van der Waals surface area contributed by atoms with Crippen LogP contribution in [0.5, 0.6) is 0 Å². The first-order valence-electron chi connectivity index (χ1n) is 9.74. The number of rotatable bonds is 6. The molecule has 1 aliphatic carbocycles. The molecule has 5 nitrogen and oxygen atoms in total. The van der Waals surface area contributed by atoms with Crippen molar-refractivity contribution < 1.29 is 4.79 Å². The summed E-state index contributed by atoms with van der Waals surface area (Å²) in [5, 5.41) is 3.00.